The molecule has 1 saturated heterocycles. The number of hydrogen-bond donors (Lipinski definition) is 1. The van der Waals surface area contributed by atoms with Crippen LogP contribution in [-0.4, -0.2) is 44.9 Å². The summed E-state index contributed by atoms with van der Waals surface area (Å²) in [5.41, 5.74) is 0.914. The van der Waals surface area contributed by atoms with Crippen molar-refractivity contribution in [2.75, 3.05) is 13.1 Å². The lowest BCUT2D eigenvalue weighted by Crippen LogP contribution is -2.29. The van der Waals surface area contributed by atoms with Crippen molar-refractivity contribution in [1.82, 2.24) is 14.9 Å². The number of hydrogen-bond acceptors (Lipinski definition) is 5. The van der Waals surface area contributed by atoms with E-state index in [1.807, 2.05) is 19.1 Å². The Bertz CT molecular complexity index is 701. The van der Waals surface area contributed by atoms with Crippen LogP contribution in [0.2, 0.25) is 0 Å². The summed E-state index contributed by atoms with van der Waals surface area (Å²) < 4.78 is 0. The van der Waals surface area contributed by atoms with Crippen LogP contribution < -0.4 is 0 Å². The highest BCUT2D eigenvalue weighted by atomic mass is 32.1. The van der Waals surface area contributed by atoms with Gasteiger partial charge in [-0.1, -0.05) is 6.92 Å². The number of rotatable bonds is 3. The Morgan fingerprint density at radius 1 is 1.32 bits per heavy atom. The van der Waals surface area contributed by atoms with Gasteiger partial charge in [-0.2, -0.15) is 0 Å². The number of carbonyl (C=O) groups is 2. The molecule has 0 saturated carbocycles. The van der Waals surface area contributed by atoms with Crippen LogP contribution in [0.15, 0.2) is 30.7 Å². The van der Waals surface area contributed by atoms with Crippen LogP contribution in [-0.2, 0) is 4.79 Å². The zero-order valence-electron chi connectivity index (χ0n) is 12.0. The average Bonchev–Trinajstić information content (AvgIpc) is 3.14. The predicted octanol–water partition coefficient (Wildman–Crippen LogP) is 2.00. The summed E-state index contributed by atoms with van der Waals surface area (Å²) >= 11 is 1.31. The van der Waals surface area contributed by atoms with Gasteiger partial charge in [-0.15, -0.1) is 11.3 Å². The van der Waals surface area contributed by atoms with Gasteiger partial charge in [-0.05, 0) is 18.1 Å². The van der Waals surface area contributed by atoms with E-state index in [0.717, 1.165) is 10.6 Å². The Balaban J connectivity index is 1.77. The summed E-state index contributed by atoms with van der Waals surface area (Å²) in [7, 11) is 0. The Labute approximate surface area is 131 Å². The third kappa shape index (κ3) is 2.71. The lowest BCUT2D eigenvalue weighted by molar-refractivity contribution is -0.142. The highest BCUT2D eigenvalue weighted by molar-refractivity contribution is 7.16. The maximum atomic E-state index is 12.5. The third-order valence-electron chi connectivity index (χ3n) is 3.86. The fraction of sp³-hybridized carbons (Fsp3) is 0.333. The Morgan fingerprint density at radius 2 is 2.05 bits per heavy atom. The molecule has 22 heavy (non-hydrogen) atoms. The van der Waals surface area contributed by atoms with Crippen LogP contribution in [0.25, 0.3) is 10.6 Å². The average molecular weight is 317 g/mol. The first-order chi connectivity index (χ1) is 10.6. The monoisotopic (exact) mass is 317 g/mol. The second-order valence-corrected chi connectivity index (χ2v) is 6.43. The molecule has 0 unspecified atom stereocenters. The third-order valence-corrected chi connectivity index (χ3v) is 4.89. The summed E-state index contributed by atoms with van der Waals surface area (Å²) in [6.07, 6.45) is 4.91. The van der Waals surface area contributed by atoms with Gasteiger partial charge in [0.15, 0.2) is 0 Å². The van der Waals surface area contributed by atoms with Crippen LogP contribution in [0.3, 0.4) is 0 Å². The summed E-state index contributed by atoms with van der Waals surface area (Å²) in [4.78, 5) is 34.0. The van der Waals surface area contributed by atoms with E-state index in [2.05, 4.69) is 9.97 Å². The molecule has 0 aliphatic carbocycles. The molecule has 0 aromatic carbocycles. The standard InChI is InChI=1S/C15H15N3O3S/c1-9-7-18(8-11(9)15(20)21)14(19)12-6-17-13(22-12)10-2-4-16-5-3-10/h2-6,9,11H,7-8H2,1H3,(H,20,21)/t9-,11-/m1/s1. The Hall–Kier alpha value is -2.28. The number of likely N-dealkylation sites (tertiary alicyclic amines) is 1. The van der Waals surface area contributed by atoms with E-state index in [1.54, 1.807) is 23.5 Å². The number of pyridine rings is 1. The second kappa shape index (κ2) is 5.84. The van der Waals surface area contributed by atoms with Crippen molar-refractivity contribution in [2.45, 2.75) is 6.92 Å². The fourth-order valence-corrected chi connectivity index (χ4v) is 3.50. The fourth-order valence-electron chi connectivity index (χ4n) is 2.61. The normalized spacial score (nSPS) is 21.0. The van der Waals surface area contributed by atoms with Gasteiger partial charge < -0.3 is 10.0 Å². The summed E-state index contributed by atoms with van der Waals surface area (Å²) in [6, 6.07) is 3.68. The maximum absolute atomic E-state index is 12.5. The van der Waals surface area contributed by atoms with Gasteiger partial charge in [0, 0.05) is 31.0 Å². The quantitative estimate of drug-likeness (QED) is 0.936. The molecule has 2 atom stereocenters. The molecule has 0 radical (unpaired) electrons. The minimum absolute atomic E-state index is 0.0333. The van der Waals surface area contributed by atoms with Crippen molar-refractivity contribution in [1.29, 1.82) is 0 Å². The molecule has 1 aliphatic rings. The van der Waals surface area contributed by atoms with Gasteiger partial charge >= 0.3 is 5.97 Å². The molecule has 1 aliphatic heterocycles. The number of carboxylic acids is 1. The van der Waals surface area contributed by atoms with E-state index < -0.39 is 11.9 Å². The molecule has 6 nitrogen and oxygen atoms in total. The topological polar surface area (TPSA) is 83.4 Å². The SMILES string of the molecule is C[C@@H]1CN(C(=O)c2cnc(-c3ccncc3)s2)C[C@H]1C(=O)O. The summed E-state index contributed by atoms with van der Waals surface area (Å²) in [6.45, 7) is 2.59. The van der Waals surface area contributed by atoms with Crippen molar-refractivity contribution < 1.29 is 14.7 Å². The van der Waals surface area contributed by atoms with Gasteiger partial charge in [-0.25, -0.2) is 4.98 Å². The highest BCUT2D eigenvalue weighted by Crippen LogP contribution is 2.29. The lowest BCUT2D eigenvalue weighted by Gasteiger charge is -2.14. The van der Waals surface area contributed by atoms with Crippen LogP contribution in [0, 0.1) is 11.8 Å². The molecule has 1 amide bonds. The molecular formula is C15H15N3O3S. The van der Waals surface area contributed by atoms with E-state index in [4.69, 9.17) is 5.11 Å². The zero-order chi connectivity index (χ0) is 15.7. The first kappa shape index (κ1) is 14.6. The van der Waals surface area contributed by atoms with Crippen LogP contribution >= 0.6 is 11.3 Å². The molecule has 3 rings (SSSR count). The molecular weight excluding hydrogens is 302 g/mol. The molecule has 2 aromatic heterocycles. The molecule has 1 N–H and O–H groups in total. The van der Waals surface area contributed by atoms with E-state index in [0.29, 0.717) is 11.4 Å². The number of nitrogens with zero attached hydrogens (tertiary/aromatic N) is 3. The zero-order valence-corrected chi connectivity index (χ0v) is 12.8. The van der Waals surface area contributed by atoms with Gasteiger partial charge in [0.05, 0.1) is 12.1 Å². The minimum atomic E-state index is -0.843. The lowest BCUT2D eigenvalue weighted by atomic mass is 9.99. The van der Waals surface area contributed by atoms with Crippen molar-refractivity contribution in [3.8, 4) is 10.6 Å². The second-order valence-electron chi connectivity index (χ2n) is 5.40. The predicted molar refractivity (Wildman–Crippen MR) is 81.5 cm³/mol. The van der Waals surface area contributed by atoms with Gasteiger partial charge in [0.25, 0.3) is 5.91 Å². The van der Waals surface area contributed by atoms with Gasteiger partial charge in [-0.3, -0.25) is 14.6 Å². The largest absolute Gasteiger partial charge is 0.481 e. The van der Waals surface area contributed by atoms with E-state index in [9.17, 15) is 9.59 Å². The van der Waals surface area contributed by atoms with Crippen LogP contribution in [0.1, 0.15) is 16.6 Å². The Kier molecular flexibility index (Phi) is 3.89. The number of carbonyl (C=O) groups excluding carboxylic acids is 1. The van der Waals surface area contributed by atoms with Crippen molar-refractivity contribution in [3.05, 3.63) is 35.6 Å². The van der Waals surface area contributed by atoms with Crippen LogP contribution in [0.4, 0.5) is 0 Å². The molecule has 2 aromatic rings. The Morgan fingerprint density at radius 3 is 2.68 bits per heavy atom. The molecule has 7 heteroatoms. The molecule has 1 fully saturated rings. The first-order valence-corrected chi connectivity index (χ1v) is 7.76. The number of thiazole rings is 1. The van der Waals surface area contributed by atoms with Crippen molar-refractivity contribution in [3.63, 3.8) is 0 Å². The van der Waals surface area contributed by atoms with Crippen LogP contribution in [0.5, 0.6) is 0 Å². The molecule has 114 valence electrons. The van der Waals surface area contributed by atoms with Crippen molar-refractivity contribution in [2.24, 2.45) is 11.8 Å². The highest BCUT2D eigenvalue weighted by Gasteiger charge is 2.37. The summed E-state index contributed by atoms with van der Waals surface area (Å²) in [5.74, 6) is -1.51. The molecule has 0 spiro atoms. The maximum Gasteiger partial charge on any atom is 0.308 e. The molecule has 0 bridgehead atoms. The minimum Gasteiger partial charge on any atom is -0.481 e. The smallest absolute Gasteiger partial charge is 0.308 e. The molecule has 3 heterocycles. The van der Waals surface area contributed by atoms with Crippen molar-refractivity contribution >= 4 is 23.2 Å². The van der Waals surface area contributed by atoms with Gasteiger partial charge in [0.2, 0.25) is 0 Å². The van der Waals surface area contributed by atoms with Gasteiger partial charge in [0.1, 0.15) is 9.88 Å². The number of amides is 1. The number of aliphatic carboxylic acids is 1. The van der Waals surface area contributed by atoms with E-state index in [-0.39, 0.29) is 18.4 Å². The van der Waals surface area contributed by atoms with E-state index >= 15 is 0 Å². The number of aromatic nitrogens is 2. The number of carboxylic acid groups (broad SMARTS) is 1. The van der Waals surface area contributed by atoms with E-state index in [1.165, 1.54) is 11.3 Å². The first-order valence-electron chi connectivity index (χ1n) is 6.94. The summed E-state index contributed by atoms with van der Waals surface area (Å²) in [5, 5.41) is 9.91.